The molecule has 10 nitrogen and oxygen atoms in total. The molecule has 1 fully saturated rings. The third kappa shape index (κ3) is 10.5. The summed E-state index contributed by atoms with van der Waals surface area (Å²) in [5.41, 5.74) is 7.60. The second-order valence-corrected chi connectivity index (χ2v) is 14.5. The Kier molecular flexibility index (Phi) is 14.0. The zero-order chi connectivity index (χ0) is 37.0. The van der Waals surface area contributed by atoms with E-state index in [1.54, 1.807) is 7.11 Å². The van der Waals surface area contributed by atoms with Gasteiger partial charge in [0.25, 0.3) is 0 Å². The van der Waals surface area contributed by atoms with Crippen LogP contribution in [0.1, 0.15) is 57.8 Å². The molecule has 52 heavy (non-hydrogen) atoms. The number of aliphatic hydroxyl groups is 2. The largest absolute Gasteiger partial charge is 0.497 e. The molecule has 0 radical (unpaired) electrons. The van der Waals surface area contributed by atoms with Crippen molar-refractivity contribution in [3.05, 3.63) is 112 Å². The highest BCUT2D eigenvalue weighted by molar-refractivity contribution is 5.91. The van der Waals surface area contributed by atoms with Crippen molar-refractivity contribution < 1.29 is 47.7 Å². The predicted octanol–water partition coefficient (Wildman–Crippen LogP) is 4.74. The van der Waals surface area contributed by atoms with Crippen LogP contribution in [0.5, 0.6) is 5.75 Å². The number of rotatable bonds is 17. The van der Waals surface area contributed by atoms with E-state index in [2.05, 4.69) is 56.4 Å². The van der Waals surface area contributed by atoms with Crippen LogP contribution < -0.4 is 4.74 Å². The summed E-state index contributed by atoms with van der Waals surface area (Å²) in [6.07, 6.45) is 5.28. The van der Waals surface area contributed by atoms with Gasteiger partial charge in [0.05, 0.1) is 73.4 Å². The molecule has 2 N–H and O–H groups in total. The van der Waals surface area contributed by atoms with E-state index in [4.69, 9.17) is 18.9 Å². The van der Waals surface area contributed by atoms with Crippen LogP contribution in [-0.4, -0.2) is 104 Å². The van der Waals surface area contributed by atoms with Crippen LogP contribution in [0, 0.1) is 6.92 Å². The lowest BCUT2D eigenvalue weighted by molar-refractivity contribution is -0.947. The molecule has 2 aliphatic heterocycles. The fourth-order valence-electron chi connectivity index (χ4n) is 7.71. The van der Waals surface area contributed by atoms with Crippen LogP contribution in [0.4, 0.5) is 0 Å². The molecule has 3 aromatic rings. The molecule has 0 saturated carbocycles. The molecule has 3 aromatic carbocycles. The van der Waals surface area contributed by atoms with Crippen molar-refractivity contribution in [2.45, 2.75) is 58.4 Å². The van der Waals surface area contributed by atoms with Gasteiger partial charge >= 0.3 is 11.9 Å². The Hall–Kier alpha value is -4.06. The summed E-state index contributed by atoms with van der Waals surface area (Å²) in [7, 11) is 3.89. The maximum absolute atomic E-state index is 12.5. The second kappa shape index (κ2) is 18.6. The van der Waals surface area contributed by atoms with Gasteiger partial charge in [0.15, 0.2) is 0 Å². The summed E-state index contributed by atoms with van der Waals surface area (Å²) in [5.74, 6) is -0.322. The summed E-state index contributed by atoms with van der Waals surface area (Å²) in [6.45, 7) is 9.13. The lowest BCUT2D eigenvalue weighted by Gasteiger charge is -2.46. The second-order valence-electron chi connectivity index (χ2n) is 14.5. The van der Waals surface area contributed by atoms with Crippen molar-refractivity contribution in [3.8, 4) is 5.75 Å². The quantitative estimate of drug-likeness (QED) is 0.0893. The van der Waals surface area contributed by atoms with Gasteiger partial charge < -0.3 is 38.1 Å². The van der Waals surface area contributed by atoms with Gasteiger partial charge in [0.1, 0.15) is 31.4 Å². The first-order chi connectivity index (χ1) is 25.2. The number of fused-ring (bicyclic) bond motifs is 1. The van der Waals surface area contributed by atoms with Crippen molar-refractivity contribution in [2.24, 2.45) is 0 Å². The molecule has 0 bridgehead atoms. The lowest BCUT2D eigenvalue weighted by Crippen LogP contribution is -2.55. The van der Waals surface area contributed by atoms with Gasteiger partial charge in [-0.25, -0.2) is 9.59 Å². The van der Waals surface area contributed by atoms with Gasteiger partial charge in [-0.2, -0.15) is 0 Å². The molecule has 0 aromatic heterocycles. The Balaban J connectivity index is 1.10. The highest BCUT2D eigenvalue weighted by Gasteiger charge is 2.39. The van der Waals surface area contributed by atoms with Crippen LogP contribution >= 0.6 is 0 Å². The number of aliphatic hydroxyl groups excluding tert-OH is 2. The van der Waals surface area contributed by atoms with E-state index in [-0.39, 0.29) is 32.5 Å². The Labute approximate surface area is 308 Å². The molecule has 280 valence electrons. The summed E-state index contributed by atoms with van der Waals surface area (Å²) in [5, 5.41) is 20.0. The molecular weight excluding hydrogens is 660 g/mol. The molecule has 10 heteroatoms. The highest BCUT2D eigenvalue weighted by Crippen LogP contribution is 2.39. The van der Waals surface area contributed by atoms with Crippen LogP contribution in [0.3, 0.4) is 0 Å². The number of benzene rings is 3. The predicted molar refractivity (Wildman–Crippen MR) is 198 cm³/mol. The van der Waals surface area contributed by atoms with Gasteiger partial charge in [-0.15, -0.1) is 0 Å². The van der Waals surface area contributed by atoms with Gasteiger partial charge in [-0.3, -0.25) is 0 Å². The molecule has 2 atom stereocenters. The van der Waals surface area contributed by atoms with Crippen molar-refractivity contribution in [1.82, 2.24) is 0 Å². The standard InChI is InChI=1S/C42H56N2O8/c1-32-6-8-34(9-7-32)29-44(20-24-50-25-21-44)18-5-23-52-42(48)15-14-41(47)51-22-4-17-43(2)19-16-35-27-36(30-45)37(31-46)28-39(35)40(43)26-33-10-12-38(49-3)13-11-33/h6-15,27-28,40,45-46H,4-5,16-26,29-31H2,1-3H3/q+2/b15-14-/t40-,43-/m1/s1. The van der Waals surface area contributed by atoms with E-state index in [9.17, 15) is 19.8 Å². The van der Waals surface area contributed by atoms with Crippen LogP contribution in [-0.2, 0) is 56.4 Å². The zero-order valence-electron chi connectivity index (χ0n) is 31.1. The van der Waals surface area contributed by atoms with Crippen molar-refractivity contribution in [3.63, 3.8) is 0 Å². The Morgan fingerprint density at radius 1 is 0.827 bits per heavy atom. The van der Waals surface area contributed by atoms with E-state index in [0.717, 1.165) is 110 Å². The number of carbonyl (C=O) groups is 2. The number of likely N-dealkylation sites (N-methyl/N-ethyl adjacent to an activating group) is 1. The van der Waals surface area contributed by atoms with Crippen LogP contribution in [0.15, 0.2) is 72.8 Å². The maximum atomic E-state index is 12.5. The Morgan fingerprint density at radius 2 is 1.42 bits per heavy atom. The molecule has 2 aliphatic rings. The number of esters is 2. The average molecular weight is 717 g/mol. The van der Waals surface area contributed by atoms with Gasteiger partial charge in [0.2, 0.25) is 0 Å². The Morgan fingerprint density at radius 3 is 2.04 bits per heavy atom. The normalized spacial score (nSPS) is 19.6. The minimum absolute atomic E-state index is 0.100. The SMILES string of the molecule is COc1ccc(C[C@@H]2c3cc(CO)c(CO)cc3CC[N@@+]2(C)CCCOC(=O)/C=C\C(=O)OCCC[N+]2(Cc3ccc(C)cc3)CCOCC2)cc1. The molecule has 2 heterocycles. The highest BCUT2D eigenvalue weighted by atomic mass is 16.5. The molecular formula is C42H56N2O8+2. The van der Waals surface area contributed by atoms with Crippen molar-refractivity contribution in [2.75, 3.05) is 73.3 Å². The monoisotopic (exact) mass is 716 g/mol. The van der Waals surface area contributed by atoms with E-state index in [1.165, 1.54) is 27.8 Å². The van der Waals surface area contributed by atoms with Crippen molar-refractivity contribution >= 4 is 11.9 Å². The summed E-state index contributed by atoms with van der Waals surface area (Å²) in [6, 6.07) is 21.0. The first-order valence-electron chi connectivity index (χ1n) is 18.5. The molecule has 0 amide bonds. The molecule has 1 saturated heterocycles. The molecule has 0 spiro atoms. The van der Waals surface area contributed by atoms with Gasteiger partial charge in [0, 0.05) is 49.0 Å². The number of quaternary nitrogens is 2. The van der Waals surface area contributed by atoms with E-state index < -0.39 is 11.9 Å². The van der Waals surface area contributed by atoms with Crippen LogP contribution in [0.25, 0.3) is 0 Å². The van der Waals surface area contributed by atoms with Gasteiger partial charge in [-0.1, -0.05) is 48.0 Å². The number of nitrogens with zero attached hydrogens (tertiary/aromatic N) is 2. The molecule has 0 unspecified atom stereocenters. The number of morpholine rings is 1. The third-order valence-corrected chi connectivity index (χ3v) is 10.9. The molecule has 5 rings (SSSR count). The number of hydrogen-bond donors (Lipinski definition) is 2. The fourth-order valence-corrected chi connectivity index (χ4v) is 7.71. The third-order valence-electron chi connectivity index (χ3n) is 10.9. The first-order valence-corrected chi connectivity index (χ1v) is 18.5. The van der Waals surface area contributed by atoms with Crippen molar-refractivity contribution in [1.29, 1.82) is 0 Å². The minimum Gasteiger partial charge on any atom is -0.497 e. The summed E-state index contributed by atoms with van der Waals surface area (Å²) < 4.78 is 23.6. The number of aryl methyl sites for hydroxylation is 1. The average Bonchev–Trinajstić information content (AvgIpc) is 3.16. The minimum atomic E-state index is -0.571. The first kappa shape index (κ1) is 39.2. The molecule has 0 aliphatic carbocycles. The number of ether oxygens (including phenoxy) is 4. The van der Waals surface area contributed by atoms with E-state index >= 15 is 0 Å². The maximum Gasteiger partial charge on any atom is 0.331 e. The smallest absolute Gasteiger partial charge is 0.331 e. The number of carbonyl (C=O) groups excluding carboxylic acids is 2. The number of hydrogen-bond acceptors (Lipinski definition) is 8. The van der Waals surface area contributed by atoms with E-state index in [0.29, 0.717) is 6.42 Å². The van der Waals surface area contributed by atoms with Crippen LogP contribution in [0.2, 0.25) is 0 Å². The summed E-state index contributed by atoms with van der Waals surface area (Å²) in [4.78, 5) is 24.9. The fraction of sp³-hybridized carbons (Fsp3) is 0.476. The zero-order valence-corrected chi connectivity index (χ0v) is 31.1. The lowest BCUT2D eigenvalue weighted by atomic mass is 9.84. The number of methoxy groups -OCH3 is 1. The Bertz CT molecular complexity index is 1650. The summed E-state index contributed by atoms with van der Waals surface area (Å²) >= 11 is 0. The topological polar surface area (TPSA) is 112 Å². The van der Waals surface area contributed by atoms with E-state index in [1.807, 2.05) is 18.2 Å². The van der Waals surface area contributed by atoms with Gasteiger partial charge in [-0.05, 0) is 47.4 Å².